The van der Waals surface area contributed by atoms with Gasteiger partial charge in [-0.3, -0.25) is 0 Å². The summed E-state index contributed by atoms with van der Waals surface area (Å²) >= 11 is 3.47. The molecular formula is C10H9BrN2O. The van der Waals surface area contributed by atoms with Crippen molar-refractivity contribution >= 4 is 15.9 Å². The molecule has 0 bridgehead atoms. The van der Waals surface area contributed by atoms with E-state index in [9.17, 15) is 0 Å². The maximum absolute atomic E-state index is 4.90. The monoisotopic (exact) mass is 252 g/mol. The number of halogens is 1. The number of rotatable bonds is 2. The number of benzene rings is 1. The van der Waals surface area contributed by atoms with E-state index in [4.69, 9.17) is 4.52 Å². The first-order chi connectivity index (χ1) is 6.75. The van der Waals surface area contributed by atoms with Crippen LogP contribution in [0.3, 0.4) is 0 Å². The lowest BCUT2D eigenvalue weighted by Gasteiger charge is -1.99. The molecule has 4 heteroatoms. The van der Waals surface area contributed by atoms with Crippen LogP contribution >= 0.6 is 15.9 Å². The Morgan fingerprint density at radius 2 is 2.14 bits per heavy atom. The Kier molecular flexibility index (Phi) is 2.63. The van der Waals surface area contributed by atoms with Crippen LogP contribution in [0.15, 0.2) is 33.3 Å². The van der Waals surface area contributed by atoms with Gasteiger partial charge in [0.2, 0.25) is 5.89 Å². The highest BCUT2D eigenvalue weighted by molar-refractivity contribution is 9.10. The predicted octanol–water partition coefficient (Wildman–Crippen LogP) is 2.73. The van der Waals surface area contributed by atoms with Crippen LogP contribution in [0.4, 0.5) is 0 Å². The van der Waals surface area contributed by atoms with E-state index in [1.807, 2.05) is 24.3 Å². The summed E-state index contributed by atoms with van der Waals surface area (Å²) in [6.45, 7) is 1.79. The minimum atomic E-state index is 0.604. The average molecular weight is 253 g/mol. The fourth-order valence-electron chi connectivity index (χ4n) is 1.23. The van der Waals surface area contributed by atoms with Gasteiger partial charge in [0.25, 0.3) is 0 Å². The maximum Gasteiger partial charge on any atom is 0.223 e. The van der Waals surface area contributed by atoms with Gasteiger partial charge in [-0.2, -0.15) is 4.98 Å². The Balaban J connectivity index is 2.23. The molecule has 14 heavy (non-hydrogen) atoms. The smallest absolute Gasteiger partial charge is 0.223 e. The van der Waals surface area contributed by atoms with Gasteiger partial charge in [-0.05, 0) is 11.6 Å². The van der Waals surface area contributed by atoms with E-state index in [1.54, 1.807) is 6.92 Å². The highest BCUT2D eigenvalue weighted by atomic mass is 79.9. The third-order valence-electron chi connectivity index (χ3n) is 1.88. The van der Waals surface area contributed by atoms with Gasteiger partial charge in [-0.25, -0.2) is 0 Å². The van der Waals surface area contributed by atoms with Crippen molar-refractivity contribution in [1.82, 2.24) is 10.1 Å². The Bertz CT molecular complexity index is 439. The van der Waals surface area contributed by atoms with E-state index in [0.29, 0.717) is 12.3 Å². The molecule has 0 N–H and O–H groups in total. The van der Waals surface area contributed by atoms with Crippen molar-refractivity contribution < 1.29 is 4.52 Å². The molecule has 1 heterocycles. The fraction of sp³-hybridized carbons (Fsp3) is 0.200. The molecule has 0 aliphatic heterocycles. The van der Waals surface area contributed by atoms with Gasteiger partial charge >= 0.3 is 0 Å². The van der Waals surface area contributed by atoms with E-state index >= 15 is 0 Å². The normalized spacial score (nSPS) is 10.4. The van der Waals surface area contributed by atoms with Crippen LogP contribution in [0.5, 0.6) is 0 Å². The SMILES string of the molecule is Cc1nc(Cc2ccccc2Br)no1. The van der Waals surface area contributed by atoms with Crippen molar-refractivity contribution in [2.24, 2.45) is 0 Å². The van der Waals surface area contributed by atoms with Crippen LogP contribution in [0.1, 0.15) is 17.3 Å². The Labute approximate surface area is 90.3 Å². The Morgan fingerprint density at radius 1 is 1.36 bits per heavy atom. The largest absolute Gasteiger partial charge is 0.340 e. The van der Waals surface area contributed by atoms with Gasteiger partial charge in [0.15, 0.2) is 5.82 Å². The molecule has 0 unspecified atom stereocenters. The lowest BCUT2D eigenvalue weighted by atomic mass is 10.1. The molecule has 72 valence electrons. The van der Waals surface area contributed by atoms with Gasteiger partial charge in [-0.1, -0.05) is 39.3 Å². The molecule has 0 amide bonds. The summed E-state index contributed by atoms with van der Waals surface area (Å²) in [6.07, 6.45) is 0.693. The highest BCUT2D eigenvalue weighted by Crippen LogP contribution is 2.18. The molecule has 1 aromatic carbocycles. The Morgan fingerprint density at radius 3 is 2.79 bits per heavy atom. The average Bonchev–Trinajstić information content (AvgIpc) is 2.56. The number of hydrogen-bond acceptors (Lipinski definition) is 3. The standard InChI is InChI=1S/C10H9BrN2O/c1-7-12-10(13-14-7)6-8-4-2-3-5-9(8)11/h2-5H,6H2,1H3. The zero-order valence-corrected chi connectivity index (χ0v) is 9.28. The summed E-state index contributed by atoms with van der Waals surface area (Å²) in [4.78, 5) is 4.15. The maximum atomic E-state index is 4.90. The quantitative estimate of drug-likeness (QED) is 0.825. The summed E-state index contributed by atoms with van der Waals surface area (Å²) in [6, 6.07) is 8.01. The van der Waals surface area contributed by atoms with Crippen molar-refractivity contribution in [3.63, 3.8) is 0 Å². The number of aryl methyl sites for hydroxylation is 1. The second-order valence-corrected chi connectivity index (χ2v) is 3.85. The van der Waals surface area contributed by atoms with Crippen LogP contribution in [0.25, 0.3) is 0 Å². The van der Waals surface area contributed by atoms with Crippen molar-refractivity contribution in [3.05, 3.63) is 46.0 Å². The molecule has 0 fully saturated rings. The van der Waals surface area contributed by atoms with Gasteiger partial charge in [0.05, 0.1) is 0 Å². The fourth-order valence-corrected chi connectivity index (χ4v) is 1.65. The molecule has 0 spiro atoms. The molecule has 0 aliphatic carbocycles. The minimum Gasteiger partial charge on any atom is -0.340 e. The van der Waals surface area contributed by atoms with E-state index in [2.05, 4.69) is 26.1 Å². The number of nitrogens with zero attached hydrogens (tertiary/aromatic N) is 2. The highest BCUT2D eigenvalue weighted by Gasteiger charge is 2.05. The van der Waals surface area contributed by atoms with Crippen LogP contribution in [-0.4, -0.2) is 10.1 Å². The third-order valence-corrected chi connectivity index (χ3v) is 2.65. The van der Waals surface area contributed by atoms with E-state index in [-0.39, 0.29) is 0 Å². The first-order valence-corrected chi connectivity index (χ1v) is 5.07. The number of aromatic nitrogens is 2. The van der Waals surface area contributed by atoms with Crippen molar-refractivity contribution in [2.75, 3.05) is 0 Å². The van der Waals surface area contributed by atoms with E-state index in [1.165, 1.54) is 0 Å². The molecule has 2 rings (SSSR count). The summed E-state index contributed by atoms with van der Waals surface area (Å²) in [5.41, 5.74) is 1.16. The predicted molar refractivity (Wildman–Crippen MR) is 56.0 cm³/mol. The van der Waals surface area contributed by atoms with Crippen molar-refractivity contribution in [3.8, 4) is 0 Å². The van der Waals surface area contributed by atoms with Crippen LogP contribution in [0.2, 0.25) is 0 Å². The second-order valence-electron chi connectivity index (χ2n) is 3.00. The van der Waals surface area contributed by atoms with Crippen LogP contribution in [-0.2, 0) is 6.42 Å². The summed E-state index contributed by atoms with van der Waals surface area (Å²) in [5, 5.41) is 3.85. The summed E-state index contributed by atoms with van der Waals surface area (Å²) in [7, 11) is 0. The Hall–Kier alpha value is -1.16. The van der Waals surface area contributed by atoms with Gasteiger partial charge in [0, 0.05) is 17.8 Å². The van der Waals surface area contributed by atoms with Gasteiger partial charge < -0.3 is 4.52 Å². The van der Waals surface area contributed by atoms with E-state index in [0.717, 1.165) is 15.9 Å². The molecule has 2 aromatic rings. The van der Waals surface area contributed by atoms with Crippen molar-refractivity contribution in [1.29, 1.82) is 0 Å². The van der Waals surface area contributed by atoms with Crippen LogP contribution < -0.4 is 0 Å². The zero-order valence-electron chi connectivity index (χ0n) is 7.70. The molecule has 1 aromatic heterocycles. The number of hydrogen-bond donors (Lipinski definition) is 0. The van der Waals surface area contributed by atoms with Crippen molar-refractivity contribution in [2.45, 2.75) is 13.3 Å². The summed E-state index contributed by atoms with van der Waals surface area (Å²) in [5.74, 6) is 1.32. The summed E-state index contributed by atoms with van der Waals surface area (Å²) < 4.78 is 5.97. The zero-order chi connectivity index (χ0) is 9.97. The second kappa shape index (κ2) is 3.92. The van der Waals surface area contributed by atoms with Gasteiger partial charge in [0.1, 0.15) is 0 Å². The first-order valence-electron chi connectivity index (χ1n) is 4.28. The van der Waals surface area contributed by atoms with E-state index < -0.39 is 0 Å². The van der Waals surface area contributed by atoms with Gasteiger partial charge in [-0.15, -0.1) is 0 Å². The first kappa shape index (κ1) is 9.40. The molecule has 0 atom stereocenters. The third kappa shape index (κ3) is 2.01. The topological polar surface area (TPSA) is 38.9 Å². The molecule has 0 saturated carbocycles. The molecule has 3 nitrogen and oxygen atoms in total. The lowest BCUT2D eigenvalue weighted by molar-refractivity contribution is 0.388. The lowest BCUT2D eigenvalue weighted by Crippen LogP contribution is -1.91. The molecule has 0 aliphatic rings. The molecule has 0 saturated heterocycles. The molecule has 0 radical (unpaired) electrons. The minimum absolute atomic E-state index is 0.604. The van der Waals surface area contributed by atoms with Crippen LogP contribution in [0, 0.1) is 6.92 Å². The molecular weight excluding hydrogens is 244 g/mol.